The van der Waals surface area contributed by atoms with Crippen LogP contribution < -0.4 is 26.2 Å². The van der Waals surface area contributed by atoms with E-state index in [4.69, 9.17) is 11.0 Å². The van der Waals surface area contributed by atoms with E-state index in [0.29, 0.717) is 67.0 Å². The van der Waals surface area contributed by atoms with Crippen molar-refractivity contribution in [2.24, 2.45) is 0 Å². The molecule has 0 saturated carbocycles. The molecule has 2 aromatic heterocycles. The summed E-state index contributed by atoms with van der Waals surface area (Å²) in [5, 5.41) is -1.39. The molecule has 13 aromatic carbocycles. The zero-order chi connectivity index (χ0) is 73.7. The molecule has 4 nitrogen and oxygen atoms in total. The summed E-state index contributed by atoms with van der Waals surface area (Å²) in [6.07, 6.45) is 0. The number of para-hydroxylation sites is 6. The van der Waals surface area contributed by atoms with Crippen LogP contribution in [0.5, 0.6) is 0 Å². The van der Waals surface area contributed by atoms with Gasteiger partial charge in [-0.15, -0.1) is 0 Å². The smallest absolute Gasteiger partial charge is 0.252 e. The molecule has 0 amide bonds. The summed E-state index contributed by atoms with van der Waals surface area (Å²) in [6.45, 7) is -1.59. The van der Waals surface area contributed by atoms with Crippen LogP contribution in [0.4, 0.5) is 34.1 Å². The quantitative estimate of drug-likeness (QED) is 0.141. The van der Waals surface area contributed by atoms with Crippen molar-refractivity contribution in [3.63, 3.8) is 0 Å². The first-order chi connectivity index (χ1) is 50.4. The lowest BCUT2D eigenvalue weighted by Crippen LogP contribution is -2.61. The fourth-order valence-corrected chi connectivity index (χ4v) is 12.3. The van der Waals surface area contributed by atoms with Crippen molar-refractivity contribution in [3.05, 3.63) is 309 Å². The van der Waals surface area contributed by atoms with Crippen LogP contribution in [0.1, 0.15) is 30.2 Å². The van der Waals surface area contributed by atoms with Crippen LogP contribution >= 0.6 is 0 Å². The van der Waals surface area contributed by atoms with Gasteiger partial charge in [0.25, 0.3) is 6.71 Å². The highest BCUT2D eigenvalue weighted by Crippen LogP contribution is 2.53. The zero-order valence-electron chi connectivity index (χ0n) is 65.6. The third-order valence-corrected chi connectivity index (χ3v) is 15.8. The van der Waals surface area contributed by atoms with Gasteiger partial charge in [0.1, 0.15) is 0 Å². The Kier molecular flexibility index (Phi) is 6.84. The Labute approximate surface area is 513 Å². The number of nitrogens with zero attached hydrogens (tertiary/aromatic N) is 4. The number of anilines is 6. The molecule has 2 aliphatic heterocycles. The van der Waals surface area contributed by atoms with E-state index >= 15 is 0 Å². The van der Waals surface area contributed by atoms with Gasteiger partial charge in [-0.3, -0.25) is 0 Å². The molecule has 0 radical (unpaired) electrons. The molecule has 83 heavy (non-hydrogen) atoms. The average molecular weight is 1080 g/mol. The highest BCUT2D eigenvalue weighted by Gasteiger charge is 2.45. The SMILES string of the molecule is [2H]c1c([2H])c(-n2c3c([2H])c([2H])c([2H])c([2H])c3c3c([2H])c([2H])c([2H])c([2H])c32)c([2H])c2c1B1c3c(cc(-c4ccccc4)cc3N(c3c(-c4ccccc4)cccc3-c3ccccc3)c3c([2H])c(-n4c5c([2H])c([2H])c([2H])c([2H])c5c5c([2H])c([2H])c([2H])c([2H])c54)c([2H])c([2H])c31)N2c1ccccc1-c1ccccc1. The molecule has 0 unspecified atom stereocenters. The Morgan fingerprint density at radius 1 is 0.289 bits per heavy atom. The molecule has 0 spiro atoms. The van der Waals surface area contributed by atoms with Crippen LogP contribution in [0.25, 0.3) is 99.5 Å². The van der Waals surface area contributed by atoms with Gasteiger partial charge in [0, 0.05) is 72.4 Å². The topological polar surface area (TPSA) is 16.3 Å². The molecule has 0 atom stereocenters. The van der Waals surface area contributed by atoms with E-state index in [2.05, 4.69) is 0 Å². The molecule has 17 rings (SSSR count). The second-order valence-corrected chi connectivity index (χ2v) is 20.3. The van der Waals surface area contributed by atoms with Gasteiger partial charge in [-0.1, -0.05) is 242 Å². The minimum atomic E-state index is -1.59. The van der Waals surface area contributed by atoms with Crippen LogP contribution in [0, 0.1) is 0 Å². The summed E-state index contributed by atoms with van der Waals surface area (Å²) in [5.41, 5.74) is 3.19. The van der Waals surface area contributed by atoms with Crippen LogP contribution in [-0.4, -0.2) is 15.8 Å². The first-order valence-electron chi connectivity index (χ1n) is 37.9. The summed E-state index contributed by atoms with van der Waals surface area (Å²) >= 11 is 0. The fourth-order valence-electron chi connectivity index (χ4n) is 12.3. The molecular formula is C78H51BN4. The minimum Gasteiger partial charge on any atom is -0.311 e. The molecule has 0 bridgehead atoms. The van der Waals surface area contributed by atoms with Gasteiger partial charge >= 0.3 is 0 Å². The molecule has 386 valence electrons. The Morgan fingerprint density at radius 3 is 1.13 bits per heavy atom. The zero-order valence-corrected chi connectivity index (χ0v) is 43.6. The van der Waals surface area contributed by atoms with E-state index in [1.54, 1.807) is 11.0 Å². The number of aromatic nitrogens is 2. The van der Waals surface area contributed by atoms with Gasteiger partial charge in [0.05, 0.1) is 63.6 Å². The summed E-state index contributed by atoms with van der Waals surface area (Å²) in [7, 11) is 0. The molecule has 15 aromatic rings. The van der Waals surface area contributed by atoms with Crippen molar-refractivity contribution >= 4 is 101 Å². The van der Waals surface area contributed by atoms with Gasteiger partial charge < -0.3 is 18.9 Å². The lowest BCUT2D eigenvalue weighted by atomic mass is 9.33. The Balaban J connectivity index is 1.13. The Hall–Kier alpha value is -10.9. The summed E-state index contributed by atoms with van der Waals surface area (Å²) in [6, 6.07) is 38.5. The first kappa shape index (κ1) is 30.1. The van der Waals surface area contributed by atoms with Crippen molar-refractivity contribution in [1.82, 2.24) is 9.13 Å². The molecule has 4 heterocycles. The Bertz CT molecular complexity index is 6180. The maximum absolute atomic E-state index is 11.4. The first-order valence-corrected chi connectivity index (χ1v) is 26.9. The molecule has 0 fully saturated rings. The summed E-state index contributed by atoms with van der Waals surface area (Å²) in [4.78, 5) is 3.58. The number of hydrogen-bond donors (Lipinski definition) is 0. The Morgan fingerprint density at radius 2 is 0.663 bits per heavy atom. The van der Waals surface area contributed by atoms with Crippen LogP contribution in [0.2, 0.25) is 0 Å². The van der Waals surface area contributed by atoms with Crippen LogP contribution in [-0.2, 0) is 0 Å². The second-order valence-electron chi connectivity index (χ2n) is 20.3. The number of benzene rings is 13. The average Bonchev–Trinajstić information content (AvgIpc) is 1.41. The molecule has 2 aliphatic rings. The molecule has 5 heteroatoms. The number of rotatable bonds is 8. The predicted octanol–water partition coefficient (Wildman–Crippen LogP) is 18.6. The van der Waals surface area contributed by atoms with Gasteiger partial charge in [-0.2, -0.15) is 0 Å². The van der Waals surface area contributed by atoms with E-state index in [9.17, 15) is 19.2 Å². The molecule has 0 N–H and O–H groups in total. The lowest BCUT2D eigenvalue weighted by Gasteiger charge is -2.45. The van der Waals surface area contributed by atoms with E-state index in [1.807, 2.05) is 175 Å². The lowest BCUT2D eigenvalue weighted by molar-refractivity contribution is 1.17. The van der Waals surface area contributed by atoms with Crippen molar-refractivity contribution in [2.75, 3.05) is 9.80 Å². The number of hydrogen-bond acceptors (Lipinski definition) is 2. The fraction of sp³-hybridized carbons (Fsp3) is 0. The molecule has 0 aliphatic carbocycles. The third kappa shape index (κ3) is 7.28. The third-order valence-electron chi connectivity index (χ3n) is 15.8. The van der Waals surface area contributed by atoms with Gasteiger partial charge in [0.15, 0.2) is 0 Å². The maximum Gasteiger partial charge on any atom is 0.252 e. The maximum atomic E-state index is 11.4. The highest BCUT2D eigenvalue weighted by molar-refractivity contribution is 7.00. The van der Waals surface area contributed by atoms with Crippen molar-refractivity contribution in [1.29, 1.82) is 0 Å². The second kappa shape index (κ2) is 18.9. The highest BCUT2D eigenvalue weighted by atomic mass is 15.2. The van der Waals surface area contributed by atoms with Gasteiger partial charge in [-0.05, 0) is 111 Å². The van der Waals surface area contributed by atoms with E-state index in [-0.39, 0.29) is 49.5 Å². The van der Waals surface area contributed by atoms with Gasteiger partial charge in [-0.25, -0.2) is 0 Å². The largest absolute Gasteiger partial charge is 0.311 e. The van der Waals surface area contributed by atoms with Crippen molar-refractivity contribution < 1.29 is 30.2 Å². The summed E-state index contributed by atoms with van der Waals surface area (Å²) < 4.78 is 217. The molecule has 0 saturated heterocycles. The monoisotopic (exact) mass is 1080 g/mol. The van der Waals surface area contributed by atoms with Crippen molar-refractivity contribution in [2.45, 2.75) is 0 Å². The van der Waals surface area contributed by atoms with Crippen LogP contribution in [0.3, 0.4) is 0 Å². The van der Waals surface area contributed by atoms with E-state index in [1.165, 1.54) is 0 Å². The van der Waals surface area contributed by atoms with E-state index < -0.39 is 173 Å². The minimum absolute atomic E-state index is 0.150. The number of fused-ring (bicyclic) bond motifs is 10. The summed E-state index contributed by atoms with van der Waals surface area (Å²) in [5.74, 6) is 0. The van der Waals surface area contributed by atoms with Crippen molar-refractivity contribution in [3.8, 4) is 55.9 Å². The predicted molar refractivity (Wildman–Crippen MR) is 351 cm³/mol. The van der Waals surface area contributed by atoms with Crippen LogP contribution in [0.15, 0.2) is 309 Å². The van der Waals surface area contributed by atoms with Gasteiger partial charge in [0.2, 0.25) is 0 Å². The van der Waals surface area contributed by atoms with E-state index in [0.717, 1.165) is 9.13 Å². The molecular weight excluding hydrogens is 1000 g/mol. The normalized spacial score (nSPS) is 16.2. The standard InChI is InChI=1S/C78H51BN4/c1-5-24-52(25-6-1)56-48-75-77-76(49-56)83(78-60(54-28-9-3-10-29-54)37-23-38-61(78)55-30-11-4-12-31-55)74-51-58(81-71-42-21-16-35-64(71)65-36-17-22-43-72(65)81)45-47-67(74)79(77)66-46-44-57(80-69-40-19-14-33-62(69)63-34-15-20-41-70(63)80)50-73(66)82(75)68-39-18-13-32-59(68)53-26-7-2-8-27-53/h1-51H/i14D,15D,16D,17D,19D,20D,21D,22D,33D,34D,35D,36D,40D,41D,42D,43D,44D,45D,46D,47D,50D,51D.